The second-order valence-electron chi connectivity index (χ2n) is 8.19. The maximum absolute atomic E-state index is 13.8. The molecule has 9 nitrogen and oxygen atoms in total. The van der Waals surface area contributed by atoms with E-state index in [0.29, 0.717) is 16.8 Å². The van der Waals surface area contributed by atoms with Crippen molar-refractivity contribution in [3.8, 4) is 22.4 Å². The molecule has 192 valence electrons. The highest BCUT2D eigenvalue weighted by Gasteiger charge is 2.25. The molecule has 0 spiro atoms. The molecule has 1 heterocycles. The van der Waals surface area contributed by atoms with Crippen LogP contribution in [0.1, 0.15) is 38.0 Å². The first-order chi connectivity index (χ1) is 18.4. The van der Waals surface area contributed by atoms with Gasteiger partial charge >= 0.3 is 11.9 Å². The minimum absolute atomic E-state index is 0.0275. The zero-order valence-corrected chi connectivity index (χ0v) is 21.1. The number of hydrogen-bond acceptors (Lipinski definition) is 7. The Bertz CT molecular complexity index is 1530. The number of aryl methyl sites for hydroxylation is 1. The van der Waals surface area contributed by atoms with Gasteiger partial charge in [-0.2, -0.15) is 5.10 Å². The van der Waals surface area contributed by atoms with Crippen LogP contribution in [-0.2, 0) is 16.0 Å². The lowest BCUT2D eigenvalue weighted by molar-refractivity contribution is 0.0599. The summed E-state index contributed by atoms with van der Waals surface area (Å²) in [4.78, 5) is 51.8. The second kappa shape index (κ2) is 11.3. The summed E-state index contributed by atoms with van der Waals surface area (Å²) in [5.41, 5.74) is 1.63. The third-order valence-corrected chi connectivity index (χ3v) is 5.83. The molecule has 4 aromatic rings. The van der Waals surface area contributed by atoms with Crippen LogP contribution < -0.4 is 10.9 Å². The number of hydrogen-bond donors (Lipinski definition) is 1. The van der Waals surface area contributed by atoms with E-state index in [1.165, 1.54) is 37.1 Å². The monoisotopic (exact) mass is 511 g/mol. The van der Waals surface area contributed by atoms with Crippen molar-refractivity contribution >= 4 is 23.5 Å². The molecule has 1 N–H and O–H groups in total. The minimum Gasteiger partial charge on any atom is -0.465 e. The molecule has 4 rings (SSSR count). The number of ether oxygens (including phenoxy) is 2. The smallest absolute Gasteiger partial charge is 0.337 e. The fraction of sp³-hybridized carbons (Fsp3) is 0.138. The van der Waals surface area contributed by atoms with Crippen LogP contribution in [0.25, 0.3) is 22.4 Å². The van der Waals surface area contributed by atoms with E-state index in [9.17, 15) is 19.2 Å². The van der Waals surface area contributed by atoms with Crippen LogP contribution in [0.15, 0.2) is 83.7 Å². The number of esters is 2. The predicted molar refractivity (Wildman–Crippen MR) is 142 cm³/mol. The van der Waals surface area contributed by atoms with Crippen molar-refractivity contribution in [1.82, 2.24) is 9.78 Å². The van der Waals surface area contributed by atoms with Crippen LogP contribution in [0.2, 0.25) is 0 Å². The van der Waals surface area contributed by atoms with E-state index in [-0.39, 0.29) is 28.9 Å². The molecule has 3 aromatic carbocycles. The van der Waals surface area contributed by atoms with E-state index in [2.05, 4.69) is 10.4 Å². The Labute approximate surface area is 218 Å². The number of rotatable bonds is 7. The quantitative estimate of drug-likeness (QED) is 0.365. The van der Waals surface area contributed by atoms with Crippen molar-refractivity contribution in [3.63, 3.8) is 0 Å². The van der Waals surface area contributed by atoms with Gasteiger partial charge in [-0.3, -0.25) is 9.59 Å². The average Bonchev–Trinajstić information content (AvgIpc) is 2.96. The molecule has 9 heteroatoms. The molecule has 1 amide bonds. The second-order valence-corrected chi connectivity index (χ2v) is 8.19. The summed E-state index contributed by atoms with van der Waals surface area (Å²) < 4.78 is 10.8. The summed E-state index contributed by atoms with van der Waals surface area (Å²) in [7, 11) is 2.40. The van der Waals surface area contributed by atoms with Crippen LogP contribution in [0.3, 0.4) is 0 Å². The standard InChI is InChI=1S/C29H25N3O6/c1-4-32-27(34)24(23(18-11-7-5-8-12-18)25(31-32)19-13-9-6-10-14-19)26(33)30-22-16-20(28(35)37-2)15-21(17-22)29(36)38-3/h5-17H,4H2,1-3H3,(H,30,33). The lowest BCUT2D eigenvalue weighted by atomic mass is 9.95. The molecule has 1 aromatic heterocycles. The third-order valence-electron chi connectivity index (χ3n) is 5.83. The molecule has 0 radical (unpaired) electrons. The van der Waals surface area contributed by atoms with Gasteiger partial charge in [0, 0.05) is 23.4 Å². The normalized spacial score (nSPS) is 10.5. The van der Waals surface area contributed by atoms with E-state index >= 15 is 0 Å². The topological polar surface area (TPSA) is 117 Å². The van der Waals surface area contributed by atoms with Gasteiger partial charge in [-0.15, -0.1) is 0 Å². The summed E-state index contributed by atoms with van der Waals surface area (Å²) in [6.45, 7) is 1.99. The van der Waals surface area contributed by atoms with Crippen molar-refractivity contribution < 1.29 is 23.9 Å². The first kappa shape index (κ1) is 26.0. The molecule has 0 aliphatic rings. The largest absolute Gasteiger partial charge is 0.465 e. The van der Waals surface area contributed by atoms with Crippen LogP contribution >= 0.6 is 0 Å². The Hall–Kier alpha value is -5.05. The highest BCUT2D eigenvalue weighted by Crippen LogP contribution is 2.32. The number of carbonyl (C=O) groups is 3. The van der Waals surface area contributed by atoms with Crippen LogP contribution in [0, 0.1) is 0 Å². The number of aromatic nitrogens is 2. The summed E-state index contributed by atoms with van der Waals surface area (Å²) in [6.07, 6.45) is 0. The van der Waals surface area contributed by atoms with Gasteiger partial charge in [-0.05, 0) is 30.7 Å². The van der Waals surface area contributed by atoms with Crippen molar-refractivity contribution in [3.05, 3.63) is 106 Å². The first-order valence-corrected chi connectivity index (χ1v) is 11.8. The highest BCUT2D eigenvalue weighted by atomic mass is 16.5. The summed E-state index contributed by atoms with van der Waals surface area (Å²) in [5, 5.41) is 7.27. The highest BCUT2D eigenvalue weighted by molar-refractivity contribution is 6.11. The lowest BCUT2D eigenvalue weighted by Crippen LogP contribution is -2.32. The zero-order valence-electron chi connectivity index (χ0n) is 21.1. The fourth-order valence-electron chi connectivity index (χ4n) is 4.04. The molecule has 0 aliphatic heterocycles. The van der Waals surface area contributed by atoms with Gasteiger partial charge in [-0.25, -0.2) is 14.3 Å². The van der Waals surface area contributed by atoms with E-state index in [1.807, 2.05) is 36.4 Å². The van der Waals surface area contributed by atoms with E-state index in [1.54, 1.807) is 31.2 Å². The molecule has 0 saturated heterocycles. The predicted octanol–water partition coefficient (Wildman–Crippen LogP) is 4.42. The Morgan fingerprint density at radius 3 is 1.84 bits per heavy atom. The molecule has 0 atom stereocenters. The number of benzene rings is 3. The minimum atomic E-state index is -0.728. The van der Waals surface area contributed by atoms with Gasteiger partial charge in [0.25, 0.3) is 11.5 Å². The molecule has 0 fully saturated rings. The average molecular weight is 512 g/mol. The van der Waals surface area contributed by atoms with Gasteiger partial charge in [0.1, 0.15) is 5.56 Å². The maximum atomic E-state index is 13.8. The summed E-state index contributed by atoms with van der Waals surface area (Å²) >= 11 is 0. The van der Waals surface area contributed by atoms with Crippen molar-refractivity contribution in [2.24, 2.45) is 0 Å². The SMILES string of the molecule is CCn1nc(-c2ccccc2)c(-c2ccccc2)c(C(=O)Nc2cc(C(=O)OC)cc(C(=O)OC)c2)c1=O. The van der Waals surface area contributed by atoms with E-state index < -0.39 is 23.4 Å². The van der Waals surface area contributed by atoms with Crippen LogP contribution in [0.5, 0.6) is 0 Å². The molecular formula is C29H25N3O6. The maximum Gasteiger partial charge on any atom is 0.337 e. The Kier molecular flexibility index (Phi) is 7.77. The number of nitrogens with one attached hydrogen (secondary N) is 1. The van der Waals surface area contributed by atoms with Gasteiger partial charge in [0.15, 0.2) is 0 Å². The van der Waals surface area contributed by atoms with Crippen molar-refractivity contribution in [2.45, 2.75) is 13.5 Å². The van der Waals surface area contributed by atoms with E-state index in [0.717, 1.165) is 5.56 Å². The van der Waals surface area contributed by atoms with Crippen LogP contribution in [-0.4, -0.2) is 41.8 Å². The number of carbonyl (C=O) groups excluding carboxylic acids is 3. The molecular weight excluding hydrogens is 486 g/mol. The Balaban J connectivity index is 1.93. The van der Waals surface area contributed by atoms with Gasteiger partial charge in [0.05, 0.1) is 31.0 Å². The van der Waals surface area contributed by atoms with E-state index in [4.69, 9.17) is 9.47 Å². The molecule has 0 bridgehead atoms. The number of methoxy groups -OCH3 is 2. The molecule has 0 unspecified atom stereocenters. The van der Waals surface area contributed by atoms with Crippen molar-refractivity contribution in [2.75, 3.05) is 19.5 Å². The van der Waals surface area contributed by atoms with Gasteiger partial charge in [0.2, 0.25) is 0 Å². The number of amides is 1. The lowest BCUT2D eigenvalue weighted by Gasteiger charge is -2.17. The fourth-order valence-corrected chi connectivity index (χ4v) is 4.04. The first-order valence-electron chi connectivity index (χ1n) is 11.8. The number of nitrogens with zero attached hydrogens (tertiary/aromatic N) is 2. The Morgan fingerprint density at radius 1 is 0.816 bits per heavy atom. The Morgan fingerprint density at radius 2 is 1.34 bits per heavy atom. The molecule has 38 heavy (non-hydrogen) atoms. The van der Waals surface area contributed by atoms with Crippen molar-refractivity contribution in [1.29, 1.82) is 0 Å². The summed E-state index contributed by atoms with van der Waals surface area (Å²) in [5.74, 6) is -2.15. The zero-order chi connectivity index (χ0) is 27.2. The third kappa shape index (κ3) is 5.22. The molecule has 0 saturated carbocycles. The number of anilines is 1. The van der Waals surface area contributed by atoms with Gasteiger partial charge in [-0.1, -0.05) is 60.7 Å². The van der Waals surface area contributed by atoms with Crippen LogP contribution in [0.4, 0.5) is 5.69 Å². The molecule has 0 aliphatic carbocycles. The van der Waals surface area contributed by atoms with Gasteiger partial charge < -0.3 is 14.8 Å². The summed E-state index contributed by atoms with van der Waals surface area (Å²) in [6, 6.07) is 22.3.